The van der Waals surface area contributed by atoms with Crippen LogP contribution >= 0.6 is 11.6 Å². The Labute approximate surface area is 122 Å². The maximum atomic E-state index is 12.2. The molecule has 0 fully saturated rings. The Morgan fingerprint density at radius 2 is 1.90 bits per heavy atom. The summed E-state index contributed by atoms with van der Waals surface area (Å²) in [4.78, 5) is 7.29. The molecule has 2 rings (SSSR count). The summed E-state index contributed by atoms with van der Waals surface area (Å²) in [5, 5.41) is -0.00157. The third-order valence-electron chi connectivity index (χ3n) is 2.78. The number of nitrogens with zero attached hydrogens (tertiary/aromatic N) is 2. The summed E-state index contributed by atoms with van der Waals surface area (Å²) >= 11 is 5.54. The predicted octanol–water partition coefficient (Wildman–Crippen LogP) is 2.38. The van der Waals surface area contributed by atoms with Crippen molar-refractivity contribution in [2.45, 2.75) is 31.7 Å². The fraction of sp³-hybridized carbons (Fsp3) is 0.333. The van der Waals surface area contributed by atoms with Crippen LogP contribution in [0.1, 0.15) is 30.0 Å². The molecular formula is C12H14ClN3O3S. The lowest BCUT2D eigenvalue weighted by Crippen LogP contribution is -2.27. The topological polar surface area (TPSA) is 85.1 Å². The van der Waals surface area contributed by atoms with E-state index in [4.69, 9.17) is 16.0 Å². The van der Waals surface area contributed by atoms with Crippen LogP contribution in [0.25, 0.3) is 0 Å². The molecule has 1 N–H and O–H groups in total. The molecule has 2 aromatic heterocycles. The quantitative estimate of drug-likeness (QED) is 0.875. The Hall–Kier alpha value is -1.44. The number of rotatable bonds is 4. The van der Waals surface area contributed by atoms with Gasteiger partial charge in [0.2, 0.25) is 15.3 Å². The lowest BCUT2D eigenvalue weighted by Gasteiger charge is -2.13. The first-order valence-electron chi connectivity index (χ1n) is 5.86. The van der Waals surface area contributed by atoms with Gasteiger partial charge in [-0.2, -0.15) is 0 Å². The lowest BCUT2D eigenvalue weighted by molar-refractivity contribution is 0.496. The number of sulfonamides is 1. The molecule has 6 nitrogen and oxygen atoms in total. The molecular weight excluding hydrogens is 302 g/mol. The van der Waals surface area contributed by atoms with Crippen LogP contribution in [0.3, 0.4) is 0 Å². The van der Waals surface area contributed by atoms with Crippen LogP contribution < -0.4 is 4.72 Å². The van der Waals surface area contributed by atoms with Crippen LogP contribution in [0, 0.1) is 13.8 Å². The summed E-state index contributed by atoms with van der Waals surface area (Å²) in [6.45, 7) is 5.34. The van der Waals surface area contributed by atoms with E-state index in [2.05, 4.69) is 14.7 Å². The molecule has 8 heteroatoms. The number of halogens is 1. The molecule has 0 saturated carbocycles. The lowest BCUT2D eigenvalue weighted by atomic mass is 10.1. The molecule has 0 aliphatic heterocycles. The third kappa shape index (κ3) is 3.17. The highest BCUT2D eigenvalue weighted by atomic mass is 35.5. The molecule has 1 atom stereocenters. The van der Waals surface area contributed by atoms with Crippen molar-refractivity contribution < 1.29 is 12.8 Å². The summed E-state index contributed by atoms with van der Waals surface area (Å²) in [6.07, 6.45) is 2.33. The predicted molar refractivity (Wildman–Crippen MR) is 74.0 cm³/mol. The average molecular weight is 316 g/mol. The minimum atomic E-state index is -3.71. The van der Waals surface area contributed by atoms with Gasteiger partial charge in [-0.15, -0.1) is 0 Å². The van der Waals surface area contributed by atoms with Gasteiger partial charge in [-0.25, -0.2) is 23.1 Å². The highest BCUT2D eigenvalue weighted by Crippen LogP contribution is 2.23. The monoisotopic (exact) mass is 315 g/mol. The van der Waals surface area contributed by atoms with E-state index in [-0.39, 0.29) is 10.2 Å². The maximum Gasteiger partial charge on any atom is 0.244 e. The van der Waals surface area contributed by atoms with E-state index in [0.29, 0.717) is 5.76 Å². The van der Waals surface area contributed by atoms with E-state index in [0.717, 1.165) is 23.7 Å². The smallest absolute Gasteiger partial charge is 0.244 e. The summed E-state index contributed by atoms with van der Waals surface area (Å²) in [6, 6.07) is 1.38. The molecule has 0 bridgehead atoms. The SMILES string of the molecule is Cc1cc(C(C)NS(=O)(=O)c2cnc(Cl)nc2)c(C)o1. The van der Waals surface area contributed by atoms with Crippen LogP contribution in [0.5, 0.6) is 0 Å². The highest BCUT2D eigenvalue weighted by Gasteiger charge is 2.21. The number of nitrogens with one attached hydrogen (secondary N) is 1. The van der Waals surface area contributed by atoms with Crippen molar-refractivity contribution in [2.24, 2.45) is 0 Å². The Morgan fingerprint density at radius 1 is 1.30 bits per heavy atom. The standard InChI is InChI=1S/C12H14ClN3O3S/c1-7-4-11(9(3)19-7)8(2)16-20(17,18)10-5-14-12(13)15-6-10/h4-6,8,16H,1-3H3. The van der Waals surface area contributed by atoms with E-state index in [1.54, 1.807) is 19.9 Å². The number of hydrogen-bond acceptors (Lipinski definition) is 5. The van der Waals surface area contributed by atoms with Crippen molar-refractivity contribution in [1.82, 2.24) is 14.7 Å². The van der Waals surface area contributed by atoms with Crippen LogP contribution in [-0.4, -0.2) is 18.4 Å². The van der Waals surface area contributed by atoms with Gasteiger partial charge in [-0.05, 0) is 38.4 Å². The molecule has 1 unspecified atom stereocenters. The molecule has 2 heterocycles. The molecule has 0 aliphatic carbocycles. The first-order chi connectivity index (χ1) is 9.29. The zero-order valence-electron chi connectivity index (χ0n) is 11.2. The van der Waals surface area contributed by atoms with Crippen molar-refractivity contribution >= 4 is 21.6 Å². The number of aromatic nitrogens is 2. The Bertz CT molecular complexity index is 710. The van der Waals surface area contributed by atoms with Crippen molar-refractivity contribution in [3.63, 3.8) is 0 Å². The second-order valence-corrected chi connectivity index (χ2v) is 6.45. The van der Waals surface area contributed by atoms with Gasteiger partial charge in [0.1, 0.15) is 16.4 Å². The van der Waals surface area contributed by atoms with Gasteiger partial charge in [-0.3, -0.25) is 0 Å². The normalized spacial score (nSPS) is 13.4. The Kier molecular flexibility index (Phi) is 4.12. The molecule has 0 saturated heterocycles. The highest BCUT2D eigenvalue weighted by molar-refractivity contribution is 7.89. The largest absolute Gasteiger partial charge is 0.466 e. The van der Waals surface area contributed by atoms with Crippen LogP contribution in [0.2, 0.25) is 5.28 Å². The van der Waals surface area contributed by atoms with Gasteiger partial charge in [0.05, 0.1) is 12.4 Å². The first kappa shape index (κ1) is 15.0. The average Bonchev–Trinajstić information content (AvgIpc) is 2.68. The molecule has 0 aliphatic rings. The third-order valence-corrected chi connectivity index (χ3v) is 4.48. The Balaban J connectivity index is 2.24. The van der Waals surface area contributed by atoms with Crippen molar-refractivity contribution in [3.8, 4) is 0 Å². The van der Waals surface area contributed by atoms with E-state index in [1.165, 1.54) is 0 Å². The van der Waals surface area contributed by atoms with Gasteiger partial charge in [0.25, 0.3) is 0 Å². The first-order valence-corrected chi connectivity index (χ1v) is 7.72. The van der Waals surface area contributed by atoms with Gasteiger partial charge in [-0.1, -0.05) is 0 Å². The van der Waals surface area contributed by atoms with E-state index < -0.39 is 16.1 Å². The molecule has 20 heavy (non-hydrogen) atoms. The summed E-state index contributed by atoms with van der Waals surface area (Å²) < 4.78 is 32.3. The molecule has 108 valence electrons. The van der Waals surface area contributed by atoms with Crippen LogP contribution in [0.15, 0.2) is 27.8 Å². The minimum Gasteiger partial charge on any atom is -0.466 e. The second-order valence-electron chi connectivity index (χ2n) is 4.40. The van der Waals surface area contributed by atoms with Crippen LogP contribution in [-0.2, 0) is 10.0 Å². The number of hydrogen-bond donors (Lipinski definition) is 1. The van der Waals surface area contributed by atoms with Crippen molar-refractivity contribution in [3.05, 3.63) is 40.8 Å². The van der Waals surface area contributed by atoms with E-state index >= 15 is 0 Å². The van der Waals surface area contributed by atoms with E-state index in [1.807, 2.05) is 6.92 Å². The molecule has 0 amide bonds. The molecule has 0 radical (unpaired) electrons. The van der Waals surface area contributed by atoms with Gasteiger partial charge < -0.3 is 4.42 Å². The molecule has 0 spiro atoms. The fourth-order valence-corrected chi connectivity index (χ4v) is 3.09. The van der Waals surface area contributed by atoms with E-state index in [9.17, 15) is 8.42 Å². The van der Waals surface area contributed by atoms with Gasteiger partial charge in [0, 0.05) is 11.6 Å². The van der Waals surface area contributed by atoms with Crippen LogP contribution in [0.4, 0.5) is 0 Å². The second kappa shape index (κ2) is 5.51. The minimum absolute atomic E-state index is 0.00157. The zero-order chi connectivity index (χ0) is 14.9. The fourth-order valence-electron chi connectivity index (χ4n) is 1.88. The maximum absolute atomic E-state index is 12.2. The van der Waals surface area contributed by atoms with Crippen molar-refractivity contribution in [1.29, 1.82) is 0 Å². The summed E-state index contributed by atoms with van der Waals surface area (Å²) in [7, 11) is -3.71. The Morgan fingerprint density at radius 3 is 2.40 bits per heavy atom. The van der Waals surface area contributed by atoms with Gasteiger partial charge in [0.15, 0.2) is 0 Å². The number of aryl methyl sites for hydroxylation is 2. The molecule has 0 aromatic carbocycles. The summed E-state index contributed by atoms with van der Waals surface area (Å²) in [5.41, 5.74) is 0.793. The van der Waals surface area contributed by atoms with Gasteiger partial charge >= 0.3 is 0 Å². The zero-order valence-corrected chi connectivity index (χ0v) is 12.8. The number of furan rings is 1. The van der Waals surface area contributed by atoms with Crippen molar-refractivity contribution in [2.75, 3.05) is 0 Å². The summed E-state index contributed by atoms with van der Waals surface area (Å²) in [5.74, 6) is 1.42. The molecule has 2 aromatic rings.